The predicted octanol–water partition coefficient (Wildman–Crippen LogP) is 1.30. The van der Waals surface area contributed by atoms with Crippen LogP contribution in [-0.4, -0.2) is 19.9 Å². The second-order valence-corrected chi connectivity index (χ2v) is 3.85. The van der Waals surface area contributed by atoms with Gasteiger partial charge in [0.25, 0.3) is 5.56 Å². The van der Waals surface area contributed by atoms with Gasteiger partial charge in [-0.05, 0) is 28.4 Å². The summed E-state index contributed by atoms with van der Waals surface area (Å²) in [6.45, 7) is 1.89. The van der Waals surface area contributed by atoms with Crippen molar-refractivity contribution in [3.8, 4) is 11.6 Å². The van der Waals surface area contributed by atoms with E-state index in [0.29, 0.717) is 16.1 Å². The number of aromatic amines is 1. The monoisotopic (exact) mass is 266 g/mol. The van der Waals surface area contributed by atoms with Crippen molar-refractivity contribution in [3.63, 3.8) is 0 Å². The number of nitrogens with zero attached hydrogens (tertiary/aromatic N) is 3. The van der Waals surface area contributed by atoms with Gasteiger partial charge in [0.15, 0.2) is 11.6 Å². The molecule has 2 aromatic rings. The molecule has 15 heavy (non-hydrogen) atoms. The van der Waals surface area contributed by atoms with E-state index < -0.39 is 0 Å². The fourth-order valence-electron chi connectivity index (χ4n) is 1.01. The number of hydrogen-bond acceptors (Lipinski definition) is 4. The molecule has 0 aliphatic carbocycles. The van der Waals surface area contributed by atoms with Gasteiger partial charge in [0, 0.05) is 18.6 Å². The molecule has 0 unspecified atom stereocenters. The van der Waals surface area contributed by atoms with Crippen LogP contribution in [0.25, 0.3) is 11.6 Å². The summed E-state index contributed by atoms with van der Waals surface area (Å²) in [7, 11) is 0. The third-order valence-corrected chi connectivity index (χ3v) is 2.31. The van der Waals surface area contributed by atoms with Crippen LogP contribution < -0.4 is 5.56 Å². The quantitative estimate of drug-likeness (QED) is 0.845. The predicted molar refractivity (Wildman–Crippen MR) is 58.3 cm³/mol. The molecule has 0 radical (unpaired) electrons. The summed E-state index contributed by atoms with van der Waals surface area (Å²) < 4.78 is 0.387. The van der Waals surface area contributed by atoms with Crippen LogP contribution in [0.15, 0.2) is 27.9 Å². The second kappa shape index (κ2) is 3.90. The lowest BCUT2D eigenvalue weighted by atomic mass is 10.4. The zero-order chi connectivity index (χ0) is 10.8. The highest BCUT2D eigenvalue weighted by Crippen LogP contribution is 2.07. The zero-order valence-electron chi connectivity index (χ0n) is 7.86. The molecule has 6 heteroatoms. The van der Waals surface area contributed by atoms with E-state index in [9.17, 15) is 4.79 Å². The van der Waals surface area contributed by atoms with E-state index >= 15 is 0 Å². The zero-order valence-corrected chi connectivity index (χ0v) is 9.45. The Labute approximate surface area is 93.8 Å². The minimum Gasteiger partial charge on any atom is -0.303 e. The molecule has 0 aromatic carbocycles. The maximum Gasteiger partial charge on any atom is 0.265 e. The van der Waals surface area contributed by atoms with E-state index in [2.05, 4.69) is 35.9 Å². The smallest absolute Gasteiger partial charge is 0.265 e. The average molecular weight is 267 g/mol. The lowest BCUT2D eigenvalue weighted by molar-refractivity contribution is 1.04. The summed E-state index contributed by atoms with van der Waals surface area (Å²) in [5.41, 5.74) is 0.711. The van der Waals surface area contributed by atoms with Crippen molar-refractivity contribution in [3.05, 3.63) is 39.0 Å². The lowest BCUT2D eigenvalue weighted by Gasteiger charge is -1.98. The molecule has 0 amide bonds. The van der Waals surface area contributed by atoms with Gasteiger partial charge in [-0.1, -0.05) is 0 Å². The number of aryl methyl sites for hydroxylation is 1. The molecule has 0 saturated carbocycles. The second-order valence-electron chi connectivity index (χ2n) is 2.99. The fraction of sp³-hybridized carbons (Fsp3) is 0.111. The van der Waals surface area contributed by atoms with E-state index in [0.717, 1.165) is 5.56 Å². The largest absolute Gasteiger partial charge is 0.303 e. The molecule has 0 saturated heterocycles. The van der Waals surface area contributed by atoms with Crippen molar-refractivity contribution in [2.24, 2.45) is 0 Å². The molecule has 0 atom stereocenters. The van der Waals surface area contributed by atoms with Gasteiger partial charge in [-0.3, -0.25) is 4.79 Å². The van der Waals surface area contributed by atoms with Crippen LogP contribution in [0, 0.1) is 6.92 Å². The summed E-state index contributed by atoms with van der Waals surface area (Å²) in [4.78, 5) is 26.0. The SMILES string of the molecule is Cc1cnc(-c2ncc(Br)c(=O)[nH]2)nc1. The lowest BCUT2D eigenvalue weighted by Crippen LogP contribution is -2.10. The van der Waals surface area contributed by atoms with Gasteiger partial charge < -0.3 is 4.98 Å². The fourth-order valence-corrected chi connectivity index (χ4v) is 1.21. The van der Waals surface area contributed by atoms with E-state index in [1.165, 1.54) is 6.20 Å². The summed E-state index contributed by atoms with van der Waals surface area (Å²) in [5.74, 6) is 0.772. The summed E-state index contributed by atoms with van der Waals surface area (Å²) in [6.07, 6.45) is 4.77. The minimum atomic E-state index is -0.246. The number of rotatable bonds is 1. The molecule has 2 heterocycles. The molecule has 1 N–H and O–H groups in total. The summed E-state index contributed by atoms with van der Waals surface area (Å²) in [6, 6.07) is 0. The molecule has 2 rings (SSSR count). The Morgan fingerprint density at radius 3 is 2.47 bits per heavy atom. The van der Waals surface area contributed by atoms with Crippen molar-refractivity contribution in [2.45, 2.75) is 6.92 Å². The van der Waals surface area contributed by atoms with Crippen molar-refractivity contribution >= 4 is 15.9 Å². The van der Waals surface area contributed by atoms with Crippen molar-refractivity contribution in [1.29, 1.82) is 0 Å². The van der Waals surface area contributed by atoms with Gasteiger partial charge in [-0.2, -0.15) is 0 Å². The standard InChI is InChI=1S/C9H7BrN4O/c1-5-2-11-7(12-3-5)8-13-4-6(10)9(15)14-8/h2-4H,1H3,(H,13,14,15). The summed E-state index contributed by atoms with van der Waals surface area (Å²) in [5, 5.41) is 0. The van der Waals surface area contributed by atoms with E-state index in [4.69, 9.17) is 0 Å². The van der Waals surface area contributed by atoms with Crippen molar-refractivity contribution in [1.82, 2.24) is 19.9 Å². The van der Waals surface area contributed by atoms with Gasteiger partial charge in [-0.25, -0.2) is 15.0 Å². The topological polar surface area (TPSA) is 71.5 Å². The third-order valence-electron chi connectivity index (χ3n) is 1.75. The molecular formula is C9H7BrN4O. The van der Waals surface area contributed by atoms with Crippen LogP contribution in [0.3, 0.4) is 0 Å². The number of halogens is 1. The van der Waals surface area contributed by atoms with E-state index in [1.807, 2.05) is 6.92 Å². The Morgan fingerprint density at radius 2 is 1.87 bits per heavy atom. The van der Waals surface area contributed by atoms with Crippen molar-refractivity contribution < 1.29 is 0 Å². The van der Waals surface area contributed by atoms with Gasteiger partial charge >= 0.3 is 0 Å². The number of hydrogen-bond donors (Lipinski definition) is 1. The highest BCUT2D eigenvalue weighted by atomic mass is 79.9. The van der Waals surface area contributed by atoms with Crippen LogP contribution in [-0.2, 0) is 0 Å². The van der Waals surface area contributed by atoms with Crippen LogP contribution in [0.4, 0.5) is 0 Å². The Kier molecular flexibility index (Phi) is 2.59. The number of aromatic nitrogens is 4. The third kappa shape index (κ3) is 2.10. The molecular weight excluding hydrogens is 260 g/mol. The minimum absolute atomic E-state index is 0.246. The highest BCUT2D eigenvalue weighted by Gasteiger charge is 2.04. The molecule has 0 bridgehead atoms. The number of nitrogens with one attached hydrogen (secondary N) is 1. The first kappa shape index (κ1) is 9.97. The van der Waals surface area contributed by atoms with E-state index in [1.54, 1.807) is 12.4 Å². The first-order valence-electron chi connectivity index (χ1n) is 4.20. The molecule has 5 nitrogen and oxygen atoms in total. The van der Waals surface area contributed by atoms with Gasteiger partial charge in [0.2, 0.25) is 0 Å². The first-order valence-corrected chi connectivity index (χ1v) is 5.00. The normalized spacial score (nSPS) is 10.3. The number of H-pyrrole nitrogens is 1. The van der Waals surface area contributed by atoms with Crippen LogP contribution in [0.5, 0.6) is 0 Å². The van der Waals surface area contributed by atoms with Gasteiger partial charge in [0.05, 0.1) is 0 Å². The average Bonchev–Trinajstić information content (AvgIpc) is 2.23. The molecule has 2 aromatic heterocycles. The van der Waals surface area contributed by atoms with E-state index in [-0.39, 0.29) is 5.56 Å². The molecule has 76 valence electrons. The molecule has 0 spiro atoms. The summed E-state index contributed by atoms with van der Waals surface area (Å²) >= 11 is 3.07. The van der Waals surface area contributed by atoms with Crippen LogP contribution in [0.2, 0.25) is 0 Å². The van der Waals surface area contributed by atoms with Crippen LogP contribution >= 0.6 is 15.9 Å². The highest BCUT2D eigenvalue weighted by molar-refractivity contribution is 9.10. The Hall–Kier alpha value is -1.56. The van der Waals surface area contributed by atoms with Gasteiger partial charge in [0.1, 0.15) is 4.47 Å². The maximum absolute atomic E-state index is 11.3. The Balaban J connectivity index is 2.50. The molecule has 0 aliphatic rings. The Morgan fingerprint density at radius 1 is 1.20 bits per heavy atom. The van der Waals surface area contributed by atoms with Crippen molar-refractivity contribution in [2.75, 3.05) is 0 Å². The van der Waals surface area contributed by atoms with Crippen LogP contribution in [0.1, 0.15) is 5.56 Å². The van der Waals surface area contributed by atoms with Gasteiger partial charge in [-0.15, -0.1) is 0 Å². The first-order chi connectivity index (χ1) is 7.16. The Bertz CT molecular complexity index is 535. The molecule has 0 aliphatic heterocycles. The molecule has 0 fully saturated rings. The maximum atomic E-state index is 11.3.